The highest BCUT2D eigenvalue weighted by atomic mass is 16.7. The summed E-state index contributed by atoms with van der Waals surface area (Å²) < 4.78 is 28.0. The summed E-state index contributed by atoms with van der Waals surface area (Å²) in [5.41, 5.74) is 3.30. The number of aliphatic hydroxyl groups excluding tert-OH is 4. The molecule has 198 valence electrons. The highest BCUT2D eigenvalue weighted by Crippen LogP contribution is 2.47. The van der Waals surface area contributed by atoms with E-state index < -0.39 is 37.3 Å². The van der Waals surface area contributed by atoms with E-state index in [0.29, 0.717) is 23.0 Å². The third kappa shape index (κ3) is 4.97. The zero-order chi connectivity index (χ0) is 26.0. The molecule has 36 heavy (non-hydrogen) atoms. The quantitative estimate of drug-likeness (QED) is 0.406. The minimum Gasteiger partial charge on any atom is -0.493 e. The largest absolute Gasteiger partial charge is 0.493 e. The van der Waals surface area contributed by atoms with Crippen molar-refractivity contribution in [2.45, 2.75) is 49.6 Å². The SMILES string of the molecule is COc1cc2c(c(OC)c1OC)CCN(C)[C@@H]2Cc1ccc(O[C@H]2O[C@@H](CO)[C@H](O)[C@H](O)[C@@H]2O)cc1. The number of fused-ring (bicyclic) bond motifs is 1. The Morgan fingerprint density at radius 3 is 2.25 bits per heavy atom. The van der Waals surface area contributed by atoms with Gasteiger partial charge in [-0.05, 0) is 49.2 Å². The lowest BCUT2D eigenvalue weighted by Gasteiger charge is -2.39. The molecule has 0 bridgehead atoms. The highest BCUT2D eigenvalue weighted by Gasteiger charge is 2.44. The molecule has 2 aliphatic heterocycles. The molecule has 4 N–H and O–H groups in total. The average Bonchev–Trinajstić information content (AvgIpc) is 2.90. The summed E-state index contributed by atoms with van der Waals surface area (Å²) >= 11 is 0. The van der Waals surface area contributed by atoms with Crippen molar-refractivity contribution in [1.82, 2.24) is 4.90 Å². The standard InChI is InChI=1S/C26H35NO9/c1-27-10-9-16-17(12-19(32-2)25(34-4)24(16)33-3)18(27)11-14-5-7-15(8-6-14)35-26-23(31)22(30)21(29)20(13-28)36-26/h5-8,12,18,20-23,26,28-31H,9-11,13H2,1-4H3/t18-,20+,21+,22+,23+,26+/m1/s1. The Bertz CT molecular complexity index is 1030. The fourth-order valence-corrected chi connectivity index (χ4v) is 4.96. The van der Waals surface area contributed by atoms with Crippen LogP contribution >= 0.6 is 0 Å². The second-order valence-corrected chi connectivity index (χ2v) is 9.12. The lowest BCUT2D eigenvalue weighted by molar-refractivity contribution is -0.277. The first-order chi connectivity index (χ1) is 17.3. The average molecular weight is 506 g/mol. The Morgan fingerprint density at radius 1 is 0.944 bits per heavy atom. The monoisotopic (exact) mass is 505 g/mol. The molecule has 0 aromatic heterocycles. The van der Waals surface area contributed by atoms with E-state index in [-0.39, 0.29) is 6.04 Å². The first-order valence-corrected chi connectivity index (χ1v) is 11.9. The molecule has 10 nitrogen and oxygen atoms in total. The molecule has 2 aliphatic rings. The van der Waals surface area contributed by atoms with E-state index in [1.165, 1.54) is 0 Å². The molecule has 1 fully saturated rings. The van der Waals surface area contributed by atoms with Gasteiger partial charge in [0, 0.05) is 18.2 Å². The smallest absolute Gasteiger partial charge is 0.229 e. The van der Waals surface area contributed by atoms with Crippen LogP contribution in [-0.4, -0.2) is 97.6 Å². The molecule has 0 amide bonds. The summed E-state index contributed by atoms with van der Waals surface area (Å²) in [7, 11) is 6.94. The maximum absolute atomic E-state index is 10.2. The molecule has 2 aromatic rings. The van der Waals surface area contributed by atoms with E-state index in [1.807, 2.05) is 18.2 Å². The summed E-state index contributed by atoms with van der Waals surface area (Å²) in [6.45, 7) is 0.351. The Labute approximate surface area is 210 Å². The first-order valence-electron chi connectivity index (χ1n) is 11.9. The number of hydrogen-bond acceptors (Lipinski definition) is 10. The van der Waals surface area contributed by atoms with Gasteiger partial charge in [-0.3, -0.25) is 4.90 Å². The van der Waals surface area contributed by atoms with Crippen LogP contribution in [0.1, 0.15) is 22.7 Å². The van der Waals surface area contributed by atoms with Crippen molar-refractivity contribution in [3.05, 3.63) is 47.0 Å². The zero-order valence-electron chi connectivity index (χ0n) is 21.0. The van der Waals surface area contributed by atoms with E-state index in [0.717, 1.165) is 36.1 Å². The molecule has 1 saturated heterocycles. The molecule has 4 rings (SSSR count). The minimum atomic E-state index is -1.49. The van der Waals surface area contributed by atoms with Crippen molar-refractivity contribution in [3.8, 4) is 23.0 Å². The van der Waals surface area contributed by atoms with E-state index >= 15 is 0 Å². The summed E-state index contributed by atoms with van der Waals surface area (Å²) in [6, 6.07) is 9.48. The number of benzene rings is 2. The van der Waals surface area contributed by atoms with E-state index in [9.17, 15) is 20.4 Å². The highest BCUT2D eigenvalue weighted by molar-refractivity contribution is 5.60. The molecule has 10 heteroatoms. The fourth-order valence-electron chi connectivity index (χ4n) is 4.96. The van der Waals surface area contributed by atoms with Crippen molar-refractivity contribution in [2.75, 3.05) is 41.5 Å². The number of hydrogen-bond donors (Lipinski definition) is 4. The van der Waals surface area contributed by atoms with Gasteiger partial charge in [-0.2, -0.15) is 0 Å². The third-order valence-corrected chi connectivity index (χ3v) is 7.03. The van der Waals surface area contributed by atoms with Gasteiger partial charge >= 0.3 is 0 Å². The van der Waals surface area contributed by atoms with Crippen LogP contribution in [0.15, 0.2) is 30.3 Å². The molecular formula is C26H35NO9. The van der Waals surface area contributed by atoms with Crippen LogP contribution in [-0.2, 0) is 17.6 Å². The number of rotatable bonds is 8. The second-order valence-electron chi connectivity index (χ2n) is 9.12. The van der Waals surface area contributed by atoms with Gasteiger partial charge in [0.2, 0.25) is 12.0 Å². The van der Waals surface area contributed by atoms with Gasteiger partial charge in [0.15, 0.2) is 11.5 Å². The number of likely N-dealkylation sites (N-methyl/N-ethyl adjacent to an activating group) is 1. The van der Waals surface area contributed by atoms with Crippen molar-refractivity contribution in [2.24, 2.45) is 0 Å². The van der Waals surface area contributed by atoms with Crippen molar-refractivity contribution in [1.29, 1.82) is 0 Å². The zero-order valence-corrected chi connectivity index (χ0v) is 21.0. The summed E-state index contributed by atoms with van der Waals surface area (Å²) in [6.07, 6.45) is -5.08. The number of methoxy groups -OCH3 is 3. The van der Waals surface area contributed by atoms with Gasteiger partial charge in [-0.15, -0.1) is 0 Å². The molecular weight excluding hydrogens is 470 g/mol. The molecule has 0 aliphatic carbocycles. The van der Waals surface area contributed by atoms with Gasteiger partial charge in [0.05, 0.1) is 27.9 Å². The number of aliphatic hydroxyl groups is 4. The van der Waals surface area contributed by atoms with Crippen LogP contribution in [0.4, 0.5) is 0 Å². The molecule has 0 saturated carbocycles. The molecule has 2 aromatic carbocycles. The van der Waals surface area contributed by atoms with Crippen LogP contribution in [0.2, 0.25) is 0 Å². The minimum absolute atomic E-state index is 0.0830. The van der Waals surface area contributed by atoms with E-state index in [4.69, 9.17) is 23.7 Å². The Balaban J connectivity index is 1.53. The summed E-state index contributed by atoms with van der Waals surface area (Å²) in [5.74, 6) is 2.34. The predicted octanol–water partition coefficient (Wildman–Crippen LogP) is 0.663. The Hall–Kier alpha value is -2.60. The molecule has 0 radical (unpaired) electrons. The molecule has 2 heterocycles. The molecule has 6 atom stereocenters. The normalized spacial score (nSPS) is 28.3. The van der Waals surface area contributed by atoms with Gasteiger partial charge in [0.1, 0.15) is 30.2 Å². The van der Waals surface area contributed by atoms with Crippen molar-refractivity contribution < 1.29 is 44.1 Å². The number of ether oxygens (including phenoxy) is 5. The van der Waals surface area contributed by atoms with Crippen LogP contribution in [0.25, 0.3) is 0 Å². The van der Waals surface area contributed by atoms with Gasteiger partial charge in [0.25, 0.3) is 0 Å². The van der Waals surface area contributed by atoms with Gasteiger partial charge < -0.3 is 44.1 Å². The lowest BCUT2D eigenvalue weighted by atomic mass is 9.88. The third-order valence-electron chi connectivity index (χ3n) is 7.03. The van der Waals surface area contributed by atoms with Crippen LogP contribution < -0.4 is 18.9 Å². The second kappa shape index (κ2) is 11.2. The van der Waals surface area contributed by atoms with Crippen LogP contribution in [0.3, 0.4) is 0 Å². The van der Waals surface area contributed by atoms with Crippen molar-refractivity contribution in [3.63, 3.8) is 0 Å². The first kappa shape index (κ1) is 26.5. The van der Waals surface area contributed by atoms with E-state index in [2.05, 4.69) is 11.9 Å². The van der Waals surface area contributed by atoms with Gasteiger partial charge in [-0.1, -0.05) is 12.1 Å². The summed E-state index contributed by atoms with van der Waals surface area (Å²) in [5, 5.41) is 39.5. The lowest BCUT2D eigenvalue weighted by Crippen LogP contribution is -2.60. The predicted molar refractivity (Wildman–Crippen MR) is 130 cm³/mol. The molecule has 0 unspecified atom stereocenters. The van der Waals surface area contributed by atoms with Crippen LogP contribution in [0.5, 0.6) is 23.0 Å². The fraction of sp³-hybridized carbons (Fsp3) is 0.538. The summed E-state index contributed by atoms with van der Waals surface area (Å²) in [4.78, 5) is 2.30. The number of nitrogens with zero attached hydrogens (tertiary/aromatic N) is 1. The Kier molecular flexibility index (Phi) is 8.23. The maximum Gasteiger partial charge on any atom is 0.229 e. The van der Waals surface area contributed by atoms with Crippen molar-refractivity contribution >= 4 is 0 Å². The van der Waals surface area contributed by atoms with Gasteiger partial charge in [-0.25, -0.2) is 0 Å². The maximum atomic E-state index is 10.2. The Morgan fingerprint density at radius 2 is 1.64 bits per heavy atom. The molecule has 0 spiro atoms. The van der Waals surface area contributed by atoms with Crippen LogP contribution in [0, 0.1) is 0 Å². The topological polar surface area (TPSA) is 130 Å². The van der Waals surface area contributed by atoms with E-state index in [1.54, 1.807) is 33.5 Å².